The molecule has 0 amide bonds. The Labute approximate surface area is 108 Å². The molecule has 19 heavy (non-hydrogen) atoms. The van der Waals surface area contributed by atoms with E-state index < -0.39 is 0 Å². The lowest BCUT2D eigenvalue weighted by Gasteiger charge is -2.03. The molecule has 0 saturated heterocycles. The van der Waals surface area contributed by atoms with Crippen LogP contribution in [0.2, 0.25) is 0 Å². The van der Waals surface area contributed by atoms with Gasteiger partial charge >= 0.3 is 5.97 Å². The van der Waals surface area contributed by atoms with E-state index >= 15 is 0 Å². The average molecular weight is 254 g/mol. The summed E-state index contributed by atoms with van der Waals surface area (Å²) < 4.78 is 16.3. The summed E-state index contributed by atoms with van der Waals surface area (Å²) in [7, 11) is 1.59. The molecular formula is C15H10O4. The molecule has 1 aromatic heterocycles. The smallest absolute Gasteiger partial charge is 0.339 e. The maximum absolute atomic E-state index is 11.9. The maximum atomic E-state index is 11.9. The number of hydrogen-bond acceptors (Lipinski definition) is 4. The van der Waals surface area contributed by atoms with Crippen LogP contribution in [0.15, 0.2) is 34.7 Å². The zero-order valence-corrected chi connectivity index (χ0v) is 10.2. The Kier molecular flexibility index (Phi) is 1.93. The van der Waals surface area contributed by atoms with Crippen LogP contribution in [-0.2, 0) is 11.3 Å². The van der Waals surface area contributed by atoms with Crippen molar-refractivity contribution in [3.63, 3.8) is 0 Å². The van der Waals surface area contributed by atoms with E-state index in [1.807, 2.05) is 30.3 Å². The first-order valence-corrected chi connectivity index (χ1v) is 5.98. The molecule has 0 spiro atoms. The van der Waals surface area contributed by atoms with Crippen LogP contribution in [0.25, 0.3) is 21.9 Å². The first-order valence-electron chi connectivity index (χ1n) is 5.98. The summed E-state index contributed by atoms with van der Waals surface area (Å²) >= 11 is 0. The van der Waals surface area contributed by atoms with E-state index in [0.717, 1.165) is 21.9 Å². The maximum Gasteiger partial charge on any atom is 0.339 e. The molecular weight excluding hydrogens is 244 g/mol. The summed E-state index contributed by atoms with van der Waals surface area (Å²) in [4.78, 5) is 11.9. The van der Waals surface area contributed by atoms with Gasteiger partial charge in [0.05, 0.1) is 12.7 Å². The Bertz CT molecular complexity index is 829. The molecule has 2 aromatic carbocycles. The zero-order valence-electron chi connectivity index (χ0n) is 10.2. The molecule has 0 saturated carbocycles. The Morgan fingerprint density at radius 3 is 2.95 bits per heavy atom. The van der Waals surface area contributed by atoms with E-state index in [2.05, 4.69) is 0 Å². The van der Waals surface area contributed by atoms with Crippen LogP contribution in [0.1, 0.15) is 15.9 Å². The summed E-state index contributed by atoms with van der Waals surface area (Å²) in [5.41, 5.74) is 2.78. The predicted molar refractivity (Wildman–Crippen MR) is 69.4 cm³/mol. The molecule has 3 aromatic rings. The van der Waals surface area contributed by atoms with Gasteiger partial charge in [0, 0.05) is 16.3 Å². The average Bonchev–Trinajstić information content (AvgIpc) is 2.98. The van der Waals surface area contributed by atoms with Gasteiger partial charge in [-0.15, -0.1) is 0 Å². The molecule has 0 aliphatic carbocycles. The zero-order chi connectivity index (χ0) is 13.0. The van der Waals surface area contributed by atoms with E-state index in [1.54, 1.807) is 7.11 Å². The molecule has 4 nitrogen and oxygen atoms in total. The number of para-hydroxylation sites is 1. The second-order valence-electron chi connectivity index (χ2n) is 4.49. The number of rotatable bonds is 1. The lowest BCUT2D eigenvalue weighted by Crippen LogP contribution is -1.95. The molecule has 0 radical (unpaired) electrons. The number of carbonyl (C=O) groups excluding carboxylic acids is 1. The number of cyclic esters (lactones) is 1. The number of carbonyl (C=O) groups is 1. The van der Waals surface area contributed by atoms with E-state index in [-0.39, 0.29) is 5.97 Å². The molecule has 94 valence electrons. The Balaban J connectivity index is 2.28. The molecule has 0 fully saturated rings. The van der Waals surface area contributed by atoms with Crippen molar-refractivity contribution in [1.82, 2.24) is 0 Å². The highest BCUT2D eigenvalue weighted by Crippen LogP contribution is 2.41. The predicted octanol–water partition coefficient (Wildman–Crippen LogP) is 3.27. The Morgan fingerprint density at radius 1 is 1.26 bits per heavy atom. The second kappa shape index (κ2) is 3.51. The molecule has 0 bridgehead atoms. The minimum absolute atomic E-state index is 0.292. The SMILES string of the molecule is COc1cc2c(c3c1oc1ccccc13)C(=O)OC2. The van der Waals surface area contributed by atoms with Gasteiger partial charge in [-0.3, -0.25) is 0 Å². The van der Waals surface area contributed by atoms with Crippen LogP contribution >= 0.6 is 0 Å². The highest BCUT2D eigenvalue weighted by atomic mass is 16.5. The first kappa shape index (κ1) is 10.4. The monoisotopic (exact) mass is 254 g/mol. The summed E-state index contributed by atoms with van der Waals surface area (Å²) in [6.07, 6.45) is 0. The van der Waals surface area contributed by atoms with Crippen molar-refractivity contribution >= 4 is 27.9 Å². The van der Waals surface area contributed by atoms with E-state index in [4.69, 9.17) is 13.9 Å². The van der Waals surface area contributed by atoms with E-state index in [9.17, 15) is 4.79 Å². The van der Waals surface area contributed by atoms with Crippen molar-refractivity contribution in [2.24, 2.45) is 0 Å². The van der Waals surface area contributed by atoms with E-state index in [1.165, 1.54) is 0 Å². The minimum atomic E-state index is -0.297. The molecule has 0 atom stereocenters. The summed E-state index contributed by atoms with van der Waals surface area (Å²) in [6, 6.07) is 9.44. The van der Waals surface area contributed by atoms with Gasteiger partial charge in [0.25, 0.3) is 0 Å². The standard InChI is InChI=1S/C15H10O4/c1-17-11-6-8-7-18-15(16)12(8)13-9-4-2-3-5-10(9)19-14(11)13/h2-6H,7H2,1H3. The third-order valence-electron chi connectivity index (χ3n) is 3.48. The number of hydrogen-bond donors (Lipinski definition) is 0. The number of esters is 1. The van der Waals surface area contributed by atoms with Gasteiger partial charge in [0.2, 0.25) is 0 Å². The molecule has 4 heteroatoms. The largest absolute Gasteiger partial charge is 0.493 e. The minimum Gasteiger partial charge on any atom is -0.493 e. The fraction of sp³-hybridized carbons (Fsp3) is 0.133. The molecule has 0 N–H and O–H groups in total. The van der Waals surface area contributed by atoms with Crippen LogP contribution in [0.3, 0.4) is 0 Å². The van der Waals surface area contributed by atoms with Crippen molar-refractivity contribution in [2.45, 2.75) is 6.61 Å². The van der Waals surface area contributed by atoms with Gasteiger partial charge in [-0.1, -0.05) is 18.2 Å². The highest BCUT2D eigenvalue weighted by molar-refractivity contribution is 6.18. The number of benzene rings is 2. The molecule has 1 aliphatic rings. The second-order valence-corrected chi connectivity index (χ2v) is 4.49. The van der Waals surface area contributed by atoms with Crippen LogP contribution in [0.5, 0.6) is 5.75 Å². The van der Waals surface area contributed by atoms with Crippen LogP contribution in [0, 0.1) is 0 Å². The lowest BCUT2D eigenvalue weighted by molar-refractivity contribution is 0.0536. The normalized spacial score (nSPS) is 13.8. The van der Waals surface area contributed by atoms with Gasteiger partial charge in [-0.25, -0.2) is 4.79 Å². The number of furan rings is 1. The van der Waals surface area contributed by atoms with Gasteiger partial charge in [-0.05, 0) is 12.1 Å². The van der Waals surface area contributed by atoms with Gasteiger partial charge in [-0.2, -0.15) is 0 Å². The topological polar surface area (TPSA) is 48.7 Å². The fourth-order valence-electron chi connectivity index (χ4n) is 2.64. The summed E-state index contributed by atoms with van der Waals surface area (Å²) in [6.45, 7) is 0.292. The van der Waals surface area contributed by atoms with Crippen LogP contribution < -0.4 is 4.74 Å². The number of methoxy groups -OCH3 is 1. The summed E-state index contributed by atoms with van der Waals surface area (Å²) in [5, 5.41) is 1.69. The Morgan fingerprint density at radius 2 is 2.11 bits per heavy atom. The quantitative estimate of drug-likeness (QED) is 0.625. The van der Waals surface area contributed by atoms with Gasteiger partial charge < -0.3 is 13.9 Å². The fourth-order valence-corrected chi connectivity index (χ4v) is 2.64. The van der Waals surface area contributed by atoms with Crippen molar-refractivity contribution in [2.75, 3.05) is 7.11 Å². The summed E-state index contributed by atoms with van der Waals surface area (Å²) in [5.74, 6) is 0.331. The van der Waals surface area contributed by atoms with Crippen LogP contribution in [-0.4, -0.2) is 13.1 Å². The first-order chi connectivity index (χ1) is 9.29. The van der Waals surface area contributed by atoms with Crippen molar-refractivity contribution in [3.05, 3.63) is 41.5 Å². The Hall–Kier alpha value is -2.49. The van der Waals surface area contributed by atoms with Crippen molar-refractivity contribution in [3.8, 4) is 5.75 Å². The van der Waals surface area contributed by atoms with Gasteiger partial charge in [0.15, 0.2) is 11.3 Å². The molecule has 4 rings (SSSR count). The van der Waals surface area contributed by atoms with E-state index in [0.29, 0.717) is 23.5 Å². The van der Waals surface area contributed by atoms with Gasteiger partial charge in [0.1, 0.15) is 12.2 Å². The van der Waals surface area contributed by atoms with Crippen molar-refractivity contribution in [1.29, 1.82) is 0 Å². The number of fused-ring (bicyclic) bond motifs is 5. The number of ether oxygens (including phenoxy) is 2. The van der Waals surface area contributed by atoms with Crippen molar-refractivity contribution < 1.29 is 18.7 Å². The highest BCUT2D eigenvalue weighted by Gasteiger charge is 2.29. The lowest BCUT2D eigenvalue weighted by atomic mass is 10.0. The molecule has 0 unspecified atom stereocenters. The molecule has 1 aliphatic heterocycles. The third-order valence-corrected chi connectivity index (χ3v) is 3.48. The van der Waals surface area contributed by atoms with Crippen LogP contribution in [0.4, 0.5) is 0 Å². The third kappa shape index (κ3) is 1.25. The molecule has 2 heterocycles.